The topological polar surface area (TPSA) is 197 Å². The number of rotatable bonds is 20. The number of nitrogens with one attached hydrogen (secondary N) is 4. The maximum Gasteiger partial charge on any atom is 0.236 e. The normalized spacial score (nSPS) is 18.8. The molecule has 0 saturated heterocycles. The molecule has 2 saturated carbocycles. The van der Waals surface area contributed by atoms with Gasteiger partial charge in [-0.2, -0.15) is 0 Å². The molecular formula is C38H72N4O8. The summed E-state index contributed by atoms with van der Waals surface area (Å²) in [5.74, 6) is 0.0284. The Labute approximate surface area is 301 Å². The minimum absolute atomic E-state index is 0.131. The first-order chi connectivity index (χ1) is 22.8. The Bertz CT molecular complexity index is 1020. The summed E-state index contributed by atoms with van der Waals surface area (Å²) in [5.41, 5.74) is -4.24. The van der Waals surface area contributed by atoms with Crippen molar-refractivity contribution in [1.82, 2.24) is 21.3 Å². The molecule has 0 radical (unpaired) electrons. The molecule has 0 unspecified atom stereocenters. The average Bonchev–Trinajstić information content (AvgIpc) is 3.88. The Kier molecular flexibility index (Phi) is 17.4. The molecule has 0 spiro atoms. The van der Waals surface area contributed by atoms with E-state index in [-0.39, 0.29) is 48.9 Å². The second-order valence-electron chi connectivity index (χ2n) is 17.7. The van der Waals surface area contributed by atoms with E-state index >= 15 is 0 Å². The summed E-state index contributed by atoms with van der Waals surface area (Å²) >= 11 is 0. The molecule has 8 N–H and O–H groups in total. The Morgan fingerprint density at radius 1 is 0.500 bits per heavy atom. The monoisotopic (exact) mass is 713 g/mol. The van der Waals surface area contributed by atoms with Crippen molar-refractivity contribution >= 4 is 23.6 Å². The summed E-state index contributed by atoms with van der Waals surface area (Å²) in [5, 5.41) is 51.0. The first-order valence-corrected chi connectivity index (χ1v) is 18.7. The zero-order chi connectivity index (χ0) is 38.8. The van der Waals surface area contributed by atoms with Crippen molar-refractivity contribution in [3.05, 3.63) is 0 Å². The molecule has 0 aromatic heterocycles. The van der Waals surface area contributed by atoms with Crippen molar-refractivity contribution in [3.63, 3.8) is 0 Å². The lowest BCUT2D eigenvalue weighted by molar-refractivity contribution is -0.141. The predicted molar refractivity (Wildman–Crippen MR) is 196 cm³/mol. The number of carbonyl (C=O) groups is 4. The maximum absolute atomic E-state index is 12.9. The molecule has 0 heterocycles. The van der Waals surface area contributed by atoms with E-state index in [2.05, 4.69) is 21.3 Å². The fourth-order valence-corrected chi connectivity index (χ4v) is 6.09. The van der Waals surface area contributed by atoms with Gasteiger partial charge >= 0.3 is 0 Å². The minimum Gasteiger partial charge on any atom is -0.394 e. The van der Waals surface area contributed by atoms with Crippen LogP contribution in [0.3, 0.4) is 0 Å². The predicted octanol–water partition coefficient (Wildman–Crippen LogP) is 3.18. The van der Waals surface area contributed by atoms with E-state index in [1.807, 2.05) is 55.4 Å². The first kappa shape index (κ1) is 45.7. The van der Waals surface area contributed by atoms with E-state index in [1.54, 1.807) is 27.7 Å². The lowest BCUT2D eigenvalue weighted by atomic mass is 9.89. The molecule has 12 nitrogen and oxygen atoms in total. The summed E-state index contributed by atoms with van der Waals surface area (Å²) in [6.45, 7) is 22.6. The third-order valence-corrected chi connectivity index (χ3v) is 9.59. The summed E-state index contributed by atoms with van der Waals surface area (Å²) < 4.78 is 0. The van der Waals surface area contributed by atoms with Crippen LogP contribution < -0.4 is 21.3 Å². The molecule has 50 heavy (non-hydrogen) atoms. The number of hydrogen-bond donors (Lipinski definition) is 8. The number of amides is 4. The van der Waals surface area contributed by atoms with Gasteiger partial charge < -0.3 is 41.7 Å². The van der Waals surface area contributed by atoms with Crippen molar-refractivity contribution in [2.75, 3.05) is 13.2 Å². The Balaban J connectivity index is 0.000000506. The molecule has 0 aromatic carbocycles. The maximum atomic E-state index is 12.9. The van der Waals surface area contributed by atoms with Gasteiger partial charge in [-0.1, -0.05) is 55.4 Å². The molecule has 0 bridgehead atoms. The Morgan fingerprint density at radius 2 is 0.740 bits per heavy atom. The molecule has 2 rings (SSSR count). The SMILES string of the molecule is CC(C)C[C@@H](NC(=O)C1(C(=O)N[C@H](CC(C)C)C(C)(C)O)CC1)C(C)(C)O.CC(C)C[C@H](CO)NC(=O)C1(C(=O)N[C@@H](CO)CC(C)C)CC1. The van der Waals surface area contributed by atoms with Gasteiger partial charge in [-0.3, -0.25) is 19.2 Å². The molecule has 4 amide bonds. The zero-order valence-electron chi connectivity index (χ0n) is 33.1. The highest BCUT2D eigenvalue weighted by Crippen LogP contribution is 2.47. The summed E-state index contributed by atoms with van der Waals surface area (Å²) in [6.07, 6.45) is 4.63. The average molecular weight is 713 g/mol. The fourth-order valence-electron chi connectivity index (χ4n) is 6.09. The fraction of sp³-hybridized carbons (Fsp3) is 0.895. The Morgan fingerprint density at radius 3 is 0.920 bits per heavy atom. The van der Waals surface area contributed by atoms with Gasteiger partial charge in [-0.15, -0.1) is 0 Å². The Hall–Kier alpha value is -2.28. The van der Waals surface area contributed by atoms with Crippen LogP contribution in [-0.2, 0) is 19.2 Å². The lowest BCUT2D eigenvalue weighted by Crippen LogP contribution is -2.57. The van der Waals surface area contributed by atoms with E-state index in [9.17, 15) is 39.6 Å². The van der Waals surface area contributed by atoms with E-state index in [0.29, 0.717) is 75.0 Å². The molecule has 2 aliphatic rings. The van der Waals surface area contributed by atoms with Crippen molar-refractivity contribution in [2.45, 2.75) is 170 Å². The van der Waals surface area contributed by atoms with E-state index in [1.165, 1.54) is 0 Å². The van der Waals surface area contributed by atoms with Gasteiger partial charge in [0.05, 0.1) is 48.6 Å². The second-order valence-corrected chi connectivity index (χ2v) is 17.7. The molecule has 12 heteroatoms. The summed E-state index contributed by atoms with van der Waals surface area (Å²) in [6, 6.07) is -1.49. The highest BCUT2D eigenvalue weighted by molar-refractivity contribution is 6.08. The van der Waals surface area contributed by atoms with E-state index in [0.717, 1.165) is 0 Å². The third-order valence-electron chi connectivity index (χ3n) is 9.59. The van der Waals surface area contributed by atoms with Gasteiger partial charge in [-0.25, -0.2) is 0 Å². The van der Waals surface area contributed by atoms with Gasteiger partial charge in [-0.05, 0) is 103 Å². The molecule has 0 aliphatic heterocycles. The van der Waals surface area contributed by atoms with Crippen LogP contribution in [0.1, 0.15) is 134 Å². The van der Waals surface area contributed by atoms with Crippen molar-refractivity contribution < 1.29 is 39.6 Å². The number of carbonyl (C=O) groups excluding carboxylic acids is 4. The number of aliphatic hydroxyl groups is 4. The van der Waals surface area contributed by atoms with Crippen molar-refractivity contribution in [3.8, 4) is 0 Å². The molecular weight excluding hydrogens is 640 g/mol. The third kappa shape index (κ3) is 14.4. The van der Waals surface area contributed by atoms with Crippen molar-refractivity contribution in [2.24, 2.45) is 34.5 Å². The smallest absolute Gasteiger partial charge is 0.236 e. The largest absolute Gasteiger partial charge is 0.394 e. The van der Waals surface area contributed by atoms with Crippen LogP contribution in [0, 0.1) is 34.5 Å². The molecule has 2 fully saturated rings. The molecule has 2 aliphatic carbocycles. The second kappa shape index (κ2) is 19.0. The standard InChI is InChI=1S/C21H40N2O4.C17H32N2O4/c1-13(2)11-15(19(5,6)26)22-17(24)21(9-10-21)18(25)23-16(12-14(3)4)20(7,8)27;1-11(2)7-13(9-20)18-15(22)17(5-6-17)16(23)19-14(10-21)8-12(3)4/h13-16,26-27H,9-12H2,1-8H3,(H,22,24)(H,23,25);11-14,20-21H,5-10H2,1-4H3,(H,18,22)(H,19,23)/t15-,16-;13-,14-/m11/s1. The van der Waals surface area contributed by atoms with Crippen LogP contribution in [0.15, 0.2) is 0 Å². The summed E-state index contributed by atoms with van der Waals surface area (Å²) in [4.78, 5) is 50.8. The zero-order valence-corrected chi connectivity index (χ0v) is 33.1. The van der Waals surface area contributed by atoms with Crippen LogP contribution in [0.2, 0.25) is 0 Å². The van der Waals surface area contributed by atoms with Gasteiger partial charge in [0.1, 0.15) is 10.8 Å². The first-order valence-electron chi connectivity index (χ1n) is 18.7. The molecule has 4 atom stereocenters. The number of aliphatic hydroxyl groups excluding tert-OH is 2. The molecule has 292 valence electrons. The van der Waals surface area contributed by atoms with Crippen molar-refractivity contribution in [1.29, 1.82) is 0 Å². The van der Waals surface area contributed by atoms with Crippen LogP contribution >= 0.6 is 0 Å². The van der Waals surface area contributed by atoms with Gasteiger partial charge in [0.15, 0.2) is 0 Å². The molecule has 0 aromatic rings. The number of hydrogen-bond acceptors (Lipinski definition) is 8. The highest BCUT2D eigenvalue weighted by atomic mass is 16.3. The lowest BCUT2D eigenvalue weighted by Gasteiger charge is -2.34. The highest BCUT2D eigenvalue weighted by Gasteiger charge is 2.58. The van der Waals surface area contributed by atoms with Crippen LogP contribution in [0.25, 0.3) is 0 Å². The van der Waals surface area contributed by atoms with Crippen LogP contribution in [-0.4, -0.2) is 92.6 Å². The van der Waals surface area contributed by atoms with Gasteiger partial charge in [0, 0.05) is 0 Å². The van der Waals surface area contributed by atoms with E-state index in [4.69, 9.17) is 0 Å². The minimum atomic E-state index is -1.08. The van der Waals surface area contributed by atoms with Gasteiger partial charge in [0.25, 0.3) is 0 Å². The quantitative estimate of drug-likeness (QED) is 0.0881. The summed E-state index contributed by atoms with van der Waals surface area (Å²) in [7, 11) is 0. The van der Waals surface area contributed by atoms with E-state index < -0.39 is 34.1 Å². The van der Waals surface area contributed by atoms with Gasteiger partial charge in [0.2, 0.25) is 23.6 Å². The van der Waals surface area contributed by atoms with Crippen LogP contribution in [0.5, 0.6) is 0 Å². The van der Waals surface area contributed by atoms with Crippen LogP contribution in [0.4, 0.5) is 0 Å².